The molecule has 6 nitrogen and oxygen atoms in total. The van der Waals surface area contributed by atoms with Crippen LogP contribution in [0.2, 0.25) is 0 Å². The van der Waals surface area contributed by atoms with Gasteiger partial charge in [-0.1, -0.05) is 0 Å². The number of rotatable bonds is 7. The molecule has 0 aliphatic rings. The van der Waals surface area contributed by atoms with E-state index in [-0.39, 0.29) is 30.5 Å². The number of hydrogen-bond donors (Lipinski definition) is 2. The van der Waals surface area contributed by atoms with Crippen LogP contribution in [0.3, 0.4) is 0 Å². The first kappa shape index (κ1) is 18.7. The van der Waals surface area contributed by atoms with E-state index >= 15 is 0 Å². The standard InChI is InChI=1S/C16H18N2O4.ClH/c1-12-6-9-18(10-7-12)11-13-4-5-14(22-13)16(21)17-8-2-3-15(19)20;/h4-7,9-10H,2-3,8,11H2,1H3,(H-,17,19,20,21);1H. The third kappa shape index (κ3) is 6.12. The van der Waals surface area contributed by atoms with E-state index in [0.29, 0.717) is 25.3 Å². The molecule has 0 aromatic carbocycles. The zero-order valence-electron chi connectivity index (χ0n) is 12.8. The summed E-state index contributed by atoms with van der Waals surface area (Å²) < 4.78 is 7.47. The Kier molecular flexibility index (Phi) is 7.28. The summed E-state index contributed by atoms with van der Waals surface area (Å²) in [5, 5.41) is 11.2. The van der Waals surface area contributed by atoms with Crippen LogP contribution in [-0.2, 0) is 11.3 Å². The Morgan fingerprint density at radius 2 is 1.91 bits per heavy atom. The topological polar surface area (TPSA) is 83.4 Å². The van der Waals surface area contributed by atoms with Gasteiger partial charge >= 0.3 is 5.97 Å². The average Bonchev–Trinajstić information content (AvgIpc) is 2.94. The molecule has 2 aromatic rings. The molecule has 0 bridgehead atoms. The fourth-order valence-corrected chi connectivity index (χ4v) is 1.93. The summed E-state index contributed by atoms with van der Waals surface area (Å²) in [6, 6.07) is 7.38. The number of carbonyl (C=O) groups is 2. The third-order valence-electron chi connectivity index (χ3n) is 3.13. The molecule has 0 fully saturated rings. The smallest absolute Gasteiger partial charge is 0.303 e. The van der Waals surface area contributed by atoms with E-state index in [1.165, 1.54) is 5.56 Å². The predicted molar refractivity (Wildman–Crippen MR) is 78.4 cm³/mol. The molecule has 0 aliphatic carbocycles. The SMILES string of the molecule is Cc1cc[n+](Cc2ccc(C(=O)NCCCC(=O)O)o2)cc1.[Cl-]. The molecule has 7 heteroatoms. The molecule has 0 saturated carbocycles. The molecule has 2 rings (SSSR count). The van der Waals surface area contributed by atoms with E-state index < -0.39 is 5.97 Å². The number of aliphatic carboxylic acids is 1. The summed E-state index contributed by atoms with van der Waals surface area (Å²) in [6.07, 6.45) is 4.33. The number of halogens is 1. The highest BCUT2D eigenvalue weighted by Gasteiger charge is 2.13. The number of carboxylic acid groups (broad SMARTS) is 1. The number of carboxylic acids is 1. The normalized spacial score (nSPS) is 9.96. The molecule has 0 saturated heterocycles. The van der Waals surface area contributed by atoms with Gasteiger partial charge in [-0.3, -0.25) is 9.59 Å². The Balaban J connectivity index is 0.00000264. The Morgan fingerprint density at radius 3 is 2.57 bits per heavy atom. The van der Waals surface area contributed by atoms with Crippen molar-refractivity contribution >= 4 is 11.9 Å². The van der Waals surface area contributed by atoms with Crippen molar-refractivity contribution in [3.8, 4) is 0 Å². The monoisotopic (exact) mass is 338 g/mol. The Hall–Kier alpha value is -2.34. The Labute approximate surface area is 140 Å². The zero-order valence-corrected chi connectivity index (χ0v) is 13.5. The molecule has 0 aliphatic heterocycles. The van der Waals surface area contributed by atoms with Crippen LogP contribution >= 0.6 is 0 Å². The lowest BCUT2D eigenvalue weighted by Gasteiger charge is -2.01. The third-order valence-corrected chi connectivity index (χ3v) is 3.13. The van der Waals surface area contributed by atoms with Gasteiger partial charge in [0.2, 0.25) is 6.54 Å². The number of aryl methyl sites for hydroxylation is 1. The first-order chi connectivity index (χ1) is 10.5. The van der Waals surface area contributed by atoms with Crippen molar-refractivity contribution in [3.05, 3.63) is 53.7 Å². The van der Waals surface area contributed by atoms with Gasteiger partial charge in [0.15, 0.2) is 23.9 Å². The van der Waals surface area contributed by atoms with E-state index in [1.54, 1.807) is 12.1 Å². The molecular weight excluding hydrogens is 320 g/mol. The second-order valence-corrected chi connectivity index (χ2v) is 5.07. The average molecular weight is 339 g/mol. The maximum Gasteiger partial charge on any atom is 0.303 e. The number of aromatic nitrogens is 1. The van der Waals surface area contributed by atoms with Gasteiger partial charge < -0.3 is 27.2 Å². The van der Waals surface area contributed by atoms with Gasteiger partial charge in [-0.05, 0) is 31.0 Å². The Morgan fingerprint density at radius 1 is 1.22 bits per heavy atom. The number of amides is 1. The number of carbonyl (C=O) groups excluding carboxylic acids is 1. The van der Waals surface area contributed by atoms with E-state index in [0.717, 1.165) is 0 Å². The number of pyridine rings is 1. The molecule has 0 unspecified atom stereocenters. The summed E-state index contributed by atoms with van der Waals surface area (Å²) in [5.41, 5.74) is 1.18. The van der Waals surface area contributed by atoms with Crippen molar-refractivity contribution in [2.45, 2.75) is 26.3 Å². The minimum absolute atomic E-state index is 0. The summed E-state index contributed by atoms with van der Waals surface area (Å²) >= 11 is 0. The van der Waals surface area contributed by atoms with Gasteiger partial charge in [-0.2, -0.15) is 4.57 Å². The summed E-state index contributed by atoms with van der Waals surface area (Å²) in [5.74, 6) is -0.280. The quantitative estimate of drug-likeness (QED) is 0.476. The number of nitrogens with one attached hydrogen (secondary N) is 1. The van der Waals surface area contributed by atoms with Crippen LogP contribution in [0.5, 0.6) is 0 Å². The van der Waals surface area contributed by atoms with Crippen LogP contribution in [0.15, 0.2) is 41.1 Å². The van der Waals surface area contributed by atoms with E-state index in [4.69, 9.17) is 9.52 Å². The molecule has 2 heterocycles. The molecule has 1 amide bonds. The highest BCUT2D eigenvalue weighted by atomic mass is 35.5. The largest absolute Gasteiger partial charge is 1.00 e. The predicted octanol–water partition coefficient (Wildman–Crippen LogP) is -1.48. The van der Waals surface area contributed by atoms with Crippen LogP contribution in [0.1, 0.15) is 34.7 Å². The van der Waals surface area contributed by atoms with Crippen LogP contribution in [0, 0.1) is 6.92 Å². The van der Waals surface area contributed by atoms with E-state index in [1.807, 2.05) is 36.0 Å². The zero-order chi connectivity index (χ0) is 15.9. The van der Waals surface area contributed by atoms with Crippen molar-refractivity contribution in [1.29, 1.82) is 0 Å². The molecule has 0 atom stereocenters. The van der Waals surface area contributed by atoms with E-state index in [2.05, 4.69) is 5.32 Å². The molecule has 0 radical (unpaired) electrons. The minimum atomic E-state index is -0.871. The molecule has 124 valence electrons. The van der Waals surface area contributed by atoms with E-state index in [9.17, 15) is 9.59 Å². The van der Waals surface area contributed by atoms with Gasteiger partial charge in [0.1, 0.15) is 0 Å². The molecule has 0 spiro atoms. The van der Waals surface area contributed by atoms with Gasteiger partial charge in [0.05, 0.1) is 0 Å². The number of furan rings is 1. The lowest BCUT2D eigenvalue weighted by atomic mass is 10.3. The van der Waals surface area contributed by atoms with Gasteiger partial charge in [-0.15, -0.1) is 0 Å². The fourth-order valence-electron chi connectivity index (χ4n) is 1.93. The van der Waals surface area contributed by atoms with Gasteiger partial charge in [0, 0.05) is 25.1 Å². The molecular formula is C16H19ClN2O4. The minimum Gasteiger partial charge on any atom is -1.00 e. The lowest BCUT2D eigenvalue weighted by Crippen LogP contribution is -3.00. The summed E-state index contributed by atoms with van der Waals surface area (Å²) in [6.45, 7) is 2.88. The fraction of sp³-hybridized carbons (Fsp3) is 0.312. The van der Waals surface area contributed by atoms with Crippen LogP contribution < -0.4 is 22.3 Å². The molecule has 2 N–H and O–H groups in total. The Bertz CT molecular complexity index is 652. The van der Waals surface area contributed by atoms with Crippen LogP contribution in [-0.4, -0.2) is 23.5 Å². The first-order valence-electron chi connectivity index (χ1n) is 7.09. The lowest BCUT2D eigenvalue weighted by molar-refractivity contribution is -0.690. The maximum atomic E-state index is 11.8. The highest BCUT2D eigenvalue weighted by Crippen LogP contribution is 2.07. The number of nitrogens with zero attached hydrogens (tertiary/aromatic N) is 1. The van der Waals surface area contributed by atoms with Gasteiger partial charge in [-0.25, -0.2) is 0 Å². The van der Waals surface area contributed by atoms with Crippen LogP contribution in [0.4, 0.5) is 0 Å². The second kappa shape index (κ2) is 8.95. The second-order valence-electron chi connectivity index (χ2n) is 5.07. The van der Waals surface area contributed by atoms with Crippen LogP contribution in [0.25, 0.3) is 0 Å². The van der Waals surface area contributed by atoms with Crippen molar-refractivity contribution in [1.82, 2.24) is 5.32 Å². The summed E-state index contributed by atoms with van der Waals surface area (Å²) in [4.78, 5) is 22.2. The first-order valence-corrected chi connectivity index (χ1v) is 7.09. The molecule has 23 heavy (non-hydrogen) atoms. The number of hydrogen-bond acceptors (Lipinski definition) is 3. The van der Waals surface area contributed by atoms with Crippen molar-refractivity contribution in [2.75, 3.05) is 6.54 Å². The van der Waals surface area contributed by atoms with Crippen molar-refractivity contribution < 1.29 is 36.1 Å². The van der Waals surface area contributed by atoms with Gasteiger partial charge in [0.25, 0.3) is 5.91 Å². The summed E-state index contributed by atoms with van der Waals surface area (Å²) in [7, 11) is 0. The maximum absolute atomic E-state index is 11.8. The van der Waals surface area contributed by atoms with Crippen molar-refractivity contribution in [2.24, 2.45) is 0 Å². The molecule has 2 aromatic heterocycles. The highest BCUT2D eigenvalue weighted by molar-refractivity contribution is 5.91. The van der Waals surface area contributed by atoms with Crippen molar-refractivity contribution in [3.63, 3.8) is 0 Å².